The van der Waals surface area contributed by atoms with Crippen molar-refractivity contribution in [3.63, 3.8) is 0 Å². The van der Waals surface area contributed by atoms with E-state index in [4.69, 9.17) is 0 Å². The molecule has 2 rings (SSSR count). The van der Waals surface area contributed by atoms with E-state index in [9.17, 15) is 0 Å². The number of hydrogen-bond donors (Lipinski definition) is 2. The van der Waals surface area contributed by atoms with Gasteiger partial charge in [0.15, 0.2) is 0 Å². The molecule has 1 aromatic heterocycles. The Labute approximate surface area is 85.3 Å². The second-order valence-electron chi connectivity index (χ2n) is 4.44. The number of nitrogens with zero attached hydrogens (tertiary/aromatic N) is 1. The molecule has 0 saturated heterocycles. The summed E-state index contributed by atoms with van der Waals surface area (Å²) in [5.41, 5.74) is 1.13. The van der Waals surface area contributed by atoms with Crippen molar-refractivity contribution in [2.24, 2.45) is 5.92 Å². The van der Waals surface area contributed by atoms with Crippen molar-refractivity contribution in [2.75, 3.05) is 5.32 Å². The maximum Gasteiger partial charge on any atom is 0.0725 e. The van der Waals surface area contributed by atoms with Crippen LogP contribution in [0.3, 0.4) is 0 Å². The van der Waals surface area contributed by atoms with Gasteiger partial charge < -0.3 is 5.32 Å². The summed E-state index contributed by atoms with van der Waals surface area (Å²) in [5.74, 6) is 0.908. The van der Waals surface area contributed by atoms with Gasteiger partial charge in [-0.2, -0.15) is 5.10 Å². The molecule has 1 fully saturated rings. The third-order valence-electron chi connectivity index (χ3n) is 3.13. The predicted octanol–water partition coefficient (Wildman–Crippen LogP) is 2.79. The maximum absolute atomic E-state index is 3.94. The van der Waals surface area contributed by atoms with Crippen molar-refractivity contribution < 1.29 is 0 Å². The Balaban J connectivity index is 1.86. The van der Waals surface area contributed by atoms with E-state index in [1.54, 1.807) is 0 Å². The average Bonchev–Trinajstić information content (AvgIpc) is 2.58. The molecule has 78 valence electrons. The van der Waals surface area contributed by atoms with Crippen LogP contribution >= 0.6 is 0 Å². The molecule has 0 amide bonds. The zero-order valence-electron chi connectivity index (χ0n) is 8.79. The van der Waals surface area contributed by atoms with Gasteiger partial charge in [-0.05, 0) is 25.2 Å². The number of nitrogens with one attached hydrogen (secondary N) is 2. The van der Waals surface area contributed by atoms with Crippen molar-refractivity contribution in [3.05, 3.63) is 12.4 Å². The Bertz CT molecular complexity index is 256. The normalized spacial score (nSPS) is 28.4. The fourth-order valence-corrected chi connectivity index (χ4v) is 2.20. The Kier molecular flexibility index (Phi) is 3.07. The highest BCUT2D eigenvalue weighted by Crippen LogP contribution is 2.24. The van der Waals surface area contributed by atoms with Gasteiger partial charge >= 0.3 is 0 Å². The number of hydrogen-bond acceptors (Lipinski definition) is 2. The minimum absolute atomic E-state index is 0.651. The second kappa shape index (κ2) is 4.49. The van der Waals surface area contributed by atoms with Crippen LogP contribution in [0.25, 0.3) is 0 Å². The summed E-state index contributed by atoms with van der Waals surface area (Å²) in [7, 11) is 0. The third-order valence-corrected chi connectivity index (χ3v) is 3.13. The molecular formula is C11H19N3. The lowest BCUT2D eigenvalue weighted by Gasteiger charge is -2.15. The van der Waals surface area contributed by atoms with E-state index in [2.05, 4.69) is 22.4 Å². The first-order chi connectivity index (χ1) is 6.84. The SMILES string of the molecule is CC1CCCC(Nc2cn[nH]c2)CC1. The monoisotopic (exact) mass is 193 g/mol. The van der Waals surface area contributed by atoms with E-state index >= 15 is 0 Å². The van der Waals surface area contributed by atoms with Gasteiger partial charge in [0.1, 0.15) is 0 Å². The summed E-state index contributed by atoms with van der Waals surface area (Å²) in [6, 6.07) is 0.651. The Hall–Kier alpha value is -0.990. The van der Waals surface area contributed by atoms with E-state index in [1.807, 2.05) is 12.4 Å². The van der Waals surface area contributed by atoms with Gasteiger partial charge in [-0.1, -0.05) is 19.8 Å². The van der Waals surface area contributed by atoms with Crippen LogP contribution in [-0.2, 0) is 0 Å². The molecule has 0 spiro atoms. The van der Waals surface area contributed by atoms with Gasteiger partial charge in [0.25, 0.3) is 0 Å². The molecule has 1 aliphatic carbocycles. The molecule has 14 heavy (non-hydrogen) atoms. The molecule has 2 N–H and O–H groups in total. The topological polar surface area (TPSA) is 40.7 Å². The van der Waals surface area contributed by atoms with Crippen molar-refractivity contribution in [1.82, 2.24) is 10.2 Å². The second-order valence-corrected chi connectivity index (χ2v) is 4.44. The van der Waals surface area contributed by atoms with Crippen molar-refractivity contribution >= 4 is 5.69 Å². The summed E-state index contributed by atoms with van der Waals surface area (Å²) in [4.78, 5) is 0. The fourth-order valence-electron chi connectivity index (χ4n) is 2.20. The highest BCUT2D eigenvalue weighted by Gasteiger charge is 2.15. The van der Waals surface area contributed by atoms with Crippen LogP contribution < -0.4 is 5.32 Å². The average molecular weight is 193 g/mol. The number of anilines is 1. The number of H-pyrrole nitrogens is 1. The molecule has 2 atom stereocenters. The third kappa shape index (κ3) is 2.50. The standard InChI is InChI=1S/C11H19N3/c1-9-3-2-4-10(6-5-9)14-11-7-12-13-8-11/h7-10,14H,2-6H2,1H3,(H,12,13). The summed E-state index contributed by atoms with van der Waals surface area (Å²) in [6.07, 6.45) is 10.5. The molecule has 2 unspecified atom stereocenters. The van der Waals surface area contributed by atoms with Crippen LogP contribution in [0.1, 0.15) is 39.0 Å². The van der Waals surface area contributed by atoms with E-state index in [-0.39, 0.29) is 0 Å². The summed E-state index contributed by atoms with van der Waals surface area (Å²) in [6.45, 7) is 2.36. The first kappa shape index (κ1) is 9.56. The van der Waals surface area contributed by atoms with Crippen molar-refractivity contribution in [1.29, 1.82) is 0 Å². The van der Waals surface area contributed by atoms with E-state index < -0.39 is 0 Å². The van der Waals surface area contributed by atoms with Crippen LogP contribution in [0.2, 0.25) is 0 Å². The zero-order chi connectivity index (χ0) is 9.80. The molecule has 1 aromatic rings. The van der Waals surface area contributed by atoms with Crippen LogP contribution in [0.5, 0.6) is 0 Å². The largest absolute Gasteiger partial charge is 0.380 e. The quantitative estimate of drug-likeness (QED) is 0.709. The fraction of sp³-hybridized carbons (Fsp3) is 0.727. The molecule has 1 heterocycles. The summed E-state index contributed by atoms with van der Waals surface area (Å²) < 4.78 is 0. The van der Waals surface area contributed by atoms with Crippen molar-refractivity contribution in [2.45, 2.75) is 45.1 Å². The zero-order valence-corrected chi connectivity index (χ0v) is 8.79. The first-order valence-electron chi connectivity index (χ1n) is 5.60. The Morgan fingerprint density at radius 1 is 1.36 bits per heavy atom. The van der Waals surface area contributed by atoms with Gasteiger partial charge in [-0.3, -0.25) is 5.10 Å². The lowest BCUT2D eigenvalue weighted by atomic mass is 10.0. The van der Waals surface area contributed by atoms with Gasteiger partial charge in [0, 0.05) is 12.2 Å². The van der Waals surface area contributed by atoms with Crippen LogP contribution in [0, 0.1) is 5.92 Å². The Morgan fingerprint density at radius 2 is 2.29 bits per heavy atom. The lowest BCUT2D eigenvalue weighted by Crippen LogP contribution is -2.17. The van der Waals surface area contributed by atoms with E-state index in [0.717, 1.165) is 11.6 Å². The molecule has 1 aliphatic rings. The smallest absolute Gasteiger partial charge is 0.0725 e. The number of rotatable bonds is 2. The van der Waals surface area contributed by atoms with Crippen LogP contribution in [0.4, 0.5) is 5.69 Å². The van der Waals surface area contributed by atoms with Crippen LogP contribution in [0.15, 0.2) is 12.4 Å². The minimum Gasteiger partial charge on any atom is -0.380 e. The molecule has 0 aromatic carbocycles. The Morgan fingerprint density at radius 3 is 3.07 bits per heavy atom. The van der Waals surface area contributed by atoms with Crippen LogP contribution in [-0.4, -0.2) is 16.2 Å². The molecule has 0 bridgehead atoms. The molecule has 0 radical (unpaired) electrons. The van der Waals surface area contributed by atoms with Gasteiger partial charge in [0.2, 0.25) is 0 Å². The number of aromatic amines is 1. The molecular weight excluding hydrogens is 174 g/mol. The van der Waals surface area contributed by atoms with E-state index in [0.29, 0.717) is 6.04 Å². The lowest BCUT2D eigenvalue weighted by molar-refractivity contribution is 0.502. The highest BCUT2D eigenvalue weighted by molar-refractivity contribution is 5.38. The predicted molar refractivity (Wildman–Crippen MR) is 58.2 cm³/mol. The molecule has 0 aliphatic heterocycles. The molecule has 3 nitrogen and oxygen atoms in total. The summed E-state index contributed by atoms with van der Waals surface area (Å²) >= 11 is 0. The molecule has 1 saturated carbocycles. The van der Waals surface area contributed by atoms with E-state index in [1.165, 1.54) is 32.1 Å². The first-order valence-corrected chi connectivity index (χ1v) is 5.60. The van der Waals surface area contributed by atoms with Gasteiger partial charge in [0.05, 0.1) is 11.9 Å². The summed E-state index contributed by atoms with van der Waals surface area (Å²) in [5, 5.41) is 10.3. The van der Waals surface area contributed by atoms with Gasteiger partial charge in [-0.25, -0.2) is 0 Å². The maximum atomic E-state index is 3.94. The van der Waals surface area contributed by atoms with Gasteiger partial charge in [-0.15, -0.1) is 0 Å². The van der Waals surface area contributed by atoms with Crippen molar-refractivity contribution in [3.8, 4) is 0 Å². The number of aromatic nitrogens is 2. The highest BCUT2D eigenvalue weighted by atomic mass is 15.1. The minimum atomic E-state index is 0.651. The molecule has 3 heteroatoms.